The summed E-state index contributed by atoms with van der Waals surface area (Å²) in [5, 5.41) is 0. The van der Waals surface area contributed by atoms with Crippen molar-refractivity contribution in [3.05, 3.63) is 60.2 Å². The summed E-state index contributed by atoms with van der Waals surface area (Å²) in [7, 11) is 0. The number of halogens is 2. The lowest BCUT2D eigenvalue weighted by molar-refractivity contribution is 0.0729. The molecule has 0 N–H and O–H groups in total. The lowest BCUT2D eigenvalue weighted by Gasteiger charge is -2.47. The third-order valence-electron chi connectivity index (χ3n) is 5.50. The second kappa shape index (κ2) is 7.62. The van der Waals surface area contributed by atoms with E-state index >= 15 is 0 Å². The number of piperazine rings is 1. The van der Waals surface area contributed by atoms with Gasteiger partial charge in [0.2, 0.25) is 0 Å². The van der Waals surface area contributed by atoms with Crippen molar-refractivity contribution in [3.63, 3.8) is 0 Å². The van der Waals surface area contributed by atoms with Gasteiger partial charge < -0.3 is 9.64 Å². The van der Waals surface area contributed by atoms with Gasteiger partial charge in [0, 0.05) is 43.8 Å². The lowest BCUT2D eigenvalue weighted by Crippen LogP contribution is -2.57. The van der Waals surface area contributed by atoms with E-state index < -0.39 is 0 Å². The maximum Gasteiger partial charge on any atom is 0.123 e. The first-order valence-corrected chi connectivity index (χ1v) is 9.30. The number of hydrogen-bond donors (Lipinski definition) is 0. The molecule has 5 heteroatoms. The lowest BCUT2D eigenvalue weighted by atomic mass is 9.91. The average Bonchev–Trinajstić information content (AvgIpc) is 2.67. The van der Waals surface area contributed by atoms with Gasteiger partial charge in [-0.15, -0.1) is 0 Å². The van der Waals surface area contributed by atoms with Crippen LogP contribution in [0.4, 0.5) is 14.5 Å². The Bertz CT molecular complexity index is 720. The highest BCUT2D eigenvalue weighted by Gasteiger charge is 2.33. The minimum Gasteiger partial charge on any atom is -0.493 e. The van der Waals surface area contributed by atoms with Crippen molar-refractivity contribution in [3.8, 4) is 5.75 Å². The Morgan fingerprint density at radius 1 is 0.846 bits per heavy atom. The van der Waals surface area contributed by atoms with Gasteiger partial charge in [0.15, 0.2) is 0 Å². The summed E-state index contributed by atoms with van der Waals surface area (Å²) >= 11 is 0. The third kappa shape index (κ3) is 3.98. The first-order chi connectivity index (χ1) is 12.7. The second-order valence-corrected chi connectivity index (χ2v) is 7.28. The van der Waals surface area contributed by atoms with Gasteiger partial charge in [0.25, 0.3) is 0 Å². The van der Waals surface area contributed by atoms with Gasteiger partial charge in [-0.2, -0.15) is 0 Å². The van der Waals surface area contributed by atoms with Crippen LogP contribution in [0, 0.1) is 17.6 Å². The van der Waals surface area contributed by atoms with Crippen molar-refractivity contribution < 1.29 is 13.5 Å². The summed E-state index contributed by atoms with van der Waals surface area (Å²) in [6.45, 7) is 4.71. The van der Waals surface area contributed by atoms with Crippen molar-refractivity contribution in [2.24, 2.45) is 5.92 Å². The minimum atomic E-state index is -0.239. The van der Waals surface area contributed by atoms with Crippen LogP contribution in [-0.4, -0.2) is 43.7 Å². The van der Waals surface area contributed by atoms with E-state index in [9.17, 15) is 8.78 Å². The zero-order valence-corrected chi connectivity index (χ0v) is 14.8. The highest BCUT2D eigenvalue weighted by Crippen LogP contribution is 2.28. The average molecular weight is 358 g/mol. The van der Waals surface area contributed by atoms with Crippen molar-refractivity contribution in [2.45, 2.75) is 18.9 Å². The second-order valence-electron chi connectivity index (χ2n) is 7.28. The van der Waals surface area contributed by atoms with E-state index in [4.69, 9.17) is 4.74 Å². The zero-order chi connectivity index (χ0) is 17.9. The molecule has 2 fully saturated rings. The molecule has 2 aliphatic heterocycles. The van der Waals surface area contributed by atoms with E-state index in [0.717, 1.165) is 50.5 Å². The molecular weight excluding hydrogens is 334 g/mol. The fourth-order valence-corrected chi connectivity index (χ4v) is 4.03. The molecule has 2 heterocycles. The molecule has 2 aromatic rings. The maximum absolute atomic E-state index is 13.1. The fourth-order valence-electron chi connectivity index (χ4n) is 4.03. The molecule has 0 aromatic heterocycles. The van der Waals surface area contributed by atoms with Gasteiger partial charge in [-0.3, -0.25) is 4.90 Å². The van der Waals surface area contributed by atoms with Crippen LogP contribution < -0.4 is 9.64 Å². The molecule has 2 atom stereocenters. The van der Waals surface area contributed by atoms with E-state index in [-0.39, 0.29) is 11.6 Å². The summed E-state index contributed by atoms with van der Waals surface area (Å²) in [6.07, 6.45) is 2.29. The van der Waals surface area contributed by atoms with E-state index in [0.29, 0.717) is 18.6 Å². The number of nitrogens with zero attached hydrogens (tertiary/aromatic N) is 2. The van der Waals surface area contributed by atoms with Gasteiger partial charge in [-0.25, -0.2) is 8.78 Å². The van der Waals surface area contributed by atoms with Crippen molar-refractivity contribution >= 4 is 5.69 Å². The molecule has 4 rings (SSSR count). The molecule has 2 aliphatic rings. The number of anilines is 1. The number of piperidine rings is 1. The number of ether oxygens (including phenoxy) is 1. The topological polar surface area (TPSA) is 15.7 Å². The molecule has 0 spiro atoms. The van der Waals surface area contributed by atoms with Crippen LogP contribution in [0.25, 0.3) is 0 Å². The quantitative estimate of drug-likeness (QED) is 0.823. The molecule has 0 aliphatic carbocycles. The van der Waals surface area contributed by atoms with E-state index in [1.54, 1.807) is 12.1 Å². The van der Waals surface area contributed by atoms with E-state index in [1.807, 2.05) is 12.1 Å². The van der Waals surface area contributed by atoms with Crippen molar-refractivity contribution in [1.82, 2.24) is 4.90 Å². The highest BCUT2D eigenvalue weighted by atomic mass is 19.1. The first kappa shape index (κ1) is 17.3. The van der Waals surface area contributed by atoms with Crippen LogP contribution in [0.1, 0.15) is 12.8 Å². The Balaban J connectivity index is 1.29. The first-order valence-electron chi connectivity index (χ1n) is 9.30. The number of benzene rings is 2. The Morgan fingerprint density at radius 2 is 1.54 bits per heavy atom. The summed E-state index contributed by atoms with van der Waals surface area (Å²) in [4.78, 5) is 4.91. The molecule has 0 bridgehead atoms. The molecule has 138 valence electrons. The molecule has 0 saturated carbocycles. The molecule has 0 radical (unpaired) electrons. The Kier molecular flexibility index (Phi) is 5.07. The van der Waals surface area contributed by atoms with Crippen LogP contribution in [0.3, 0.4) is 0 Å². The smallest absolute Gasteiger partial charge is 0.123 e. The fraction of sp³-hybridized carbons (Fsp3) is 0.429. The minimum absolute atomic E-state index is 0.186. The van der Waals surface area contributed by atoms with E-state index in [1.165, 1.54) is 24.3 Å². The number of rotatable bonds is 4. The van der Waals surface area contributed by atoms with Crippen LogP contribution >= 0.6 is 0 Å². The molecule has 26 heavy (non-hydrogen) atoms. The van der Waals surface area contributed by atoms with Gasteiger partial charge >= 0.3 is 0 Å². The van der Waals surface area contributed by atoms with Crippen molar-refractivity contribution in [1.29, 1.82) is 0 Å². The summed E-state index contributed by atoms with van der Waals surface area (Å²) < 4.78 is 31.9. The number of hydrogen-bond acceptors (Lipinski definition) is 3. The maximum atomic E-state index is 13.1. The summed E-state index contributed by atoms with van der Waals surface area (Å²) in [6, 6.07) is 13.6. The van der Waals surface area contributed by atoms with Crippen LogP contribution in [0.5, 0.6) is 5.75 Å². The molecule has 2 saturated heterocycles. The summed E-state index contributed by atoms with van der Waals surface area (Å²) in [5.41, 5.74) is 1.10. The monoisotopic (exact) mass is 358 g/mol. The van der Waals surface area contributed by atoms with Crippen LogP contribution in [0.2, 0.25) is 0 Å². The van der Waals surface area contributed by atoms with Crippen LogP contribution in [0.15, 0.2) is 48.5 Å². The van der Waals surface area contributed by atoms with Crippen LogP contribution in [-0.2, 0) is 0 Å². The highest BCUT2D eigenvalue weighted by molar-refractivity contribution is 5.47. The predicted octanol–water partition coefficient (Wildman–Crippen LogP) is 3.94. The van der Waals surface area contributed by atoms with Gasteiger partial charge in [-0.1, -0.05) is 0 Å². The van der Waals surface area contributed by atoms with E-state index in [2.05, 4.69) is 9.80 Å². The molecule has 0 amide bonds. The van der Waals surface area contributed by atoms with Gasteiger partial charge in [0.1, 0.15) is 17.4 Å². The summed E-state index contributed by atoms with van der Waals surface area (Å²) in [5.74, 6) is 0.814. The zero-order valence-electron chi connectivity index (χ0n) is 14.8. The largest absolute Gasteiger partial charge is 0.493 e. The molecule has 3 nitrogen and oxygen atoms in total. The standard InChI is InChI=1S/C21H24F2N2O/c22-17-2-7-19(8-3-17)25-12-11-24-13-16(1-6-20(24)14-25)15-26-21-9-4-18(23)5-10-21/h2-5,7-10,16,20H,1,6,11-15H2. The number of fused-ring (bicyclic) bond motifs is 1. The Labute approximate surface area is 153 Å². The van der Waals surface area contributed by atoms with Crippen molar-refractivity contribution in [2.75, 3.05) is 37.7 Å². The molecule has 2 aromatic carbocycles. The van der Waals surface area contributed by atoms with Gasteiger partial charge in [-0.05, 0) is 61.4 Å². The Morgan fingerprint density at radius 3 is 2.27 bits per heavy atom. The van der Waals surface area contributed by atoms with Gasteiger partial charge in [0.05, 0.1) is 6.61 Å². The molecular formula is C21H24F2N2O. The normalized spacial score (nSPS) is 23.5. The molecule has 2 unspecified atom stereocenters. The third-order valence-corrected chi connectivity index (χ3v) is 5.50. The predicted molar refractivity (Wildman–Crippen MR) is 98.6 cm³/mol. The SMILES string of the molecule is Fc1ccc(OCC2CCC3CN(c4ccc(F)cc4)CCN3C2)cc1. The Hall–Kier alpha value is -2.14.